The predicted molar refractivity (Wildman–Crippen MR) is 163 cm³/mol. The van der Waals surface area contributed by atoms with Crippen LogP contribution in [-0.4, -0.2) is 28.0 Å². The van der Waals surface area contributed by atoms with Crippen molar-refractivity contribution >= 4 is 45.0 Å². The summed E-state index contributed by atoms with van der Waals surface area (Å²) in [6.45, 7) is 8.87. The molecule has 7 rings (SSSR count). The summed E-state index contributed by atoms with van der Waals surface area (Å²) < 4.78 is 0. The van der Waals surface area contributed by atoms with Crippen LogP contribution in [0.3, 0.4) is 0 Å². The highest BCUT2D eigenvalue weighted by atomic mass is 35.5. The lowest BCUT2D eigenvalue weighted by molar-refractivity contribution is 0.244. The van der Waals surface area contributed by atoms with Gasteiger partial charge in [0, 0.05) is 78.9 Å². The highest BCUT2D eigenvalue weighted by Gasteiger charge is 2.22. The maximum absolute atomic E-state index is 6.73. The maximum atomic E-state index is 6.73. The number of hydrogen-bond acceptors (Lipinski definition) is 4. The van der Waals surface area contributed by atoms with Gasteiger partial charge < -0.3 is 5.32 Å². The minimum absolute atomic E-state index is 0.838. The average Bonchev–Trinajstić information content (AvgIpc) is 2.95. The van der Waals surface area contributed by atoms with Crippen LogP contribution < -0.4 is 5.32 Å². The molecule has 0 unspecified atom stereocenters. The molecule has 2 aliphatic heterocycles. The molecule has 5 aromatic rings. The number of aromatic nitrogens is 2. The zero-order valence-electron chi connectivity index (χ0n) is 22.4. The SMILES string of the molecule is Cc1ccc2nc3c(c(Cl)c2c1)CN(Cc1ccccc1)CC3.Cc1ccc2nc3c(c(Cl)c2c1)CNCC3. The number of benzene rings is 3. The second kappa shape index (κ2) is 11.2. The zero-order chi connectivity index (χ0) is 26.9. The van der Waals surface area contributed by atoms with Crippen LogP contribution in [0.1, 0.15) is 39.2 Å². The van der Waals surface area contributed by atoms with Crippen LogP contribution in [0.5, 0.6) is 0 Å². The van der Waals surface area contributed by atoms with Crippen LogP contribution in [0.25, 0.3) is 21.8 Å². The molecule has 39 heavy (non-hydrogen) atoms. The molecule has 198 valence electrons. The number of nitrogens with zero attached hydrogens (tertiary/aromatic N) is 3. The van der Waals surface area contributed by atoms with Crippen molar-refractivity contribution in [2.45, 2.75) is 46.3 Å². The normalized spacial score (nSPS) is 15.0. The minimum atomic E-state index is 0.838. The molecule has 0 fully saturated rings. The quantitative estimate of drug-likeness (QED) is 0.244. The Morgan fingerprint density at radius 2 is 1.38 bits per heavy atom. The van der Waals surface area contributed by atoms with Crippen molar-refractivity contribution in [3.8, 4) is 0 Å². The second-order valence-corrected chi connectivity index (χ2v) is 11.4. The number of rotatable bonds is 2. The van der Waals surface area contributed by atoms with E-state index in [1.165, 1.54) is 27.8 Å². The van der Waals surface area contributed by atoms with Gasteiger partial charge in [-0.3, -0.25) is 14.9 Å². The van der Waals surface area contributed by atoms with Crippen LogP contribution in [0.2, 0.25) is 10.0 Å². The van der Waals surface area contributed by atoms with Gasteiger partial charge in [-0.1, -0.05) is 76.8 Å². The summed E-state index contributed by atoms with van der Waals surface area (Å²) >= 11 is 13.2. The summed E-state index contributed by atoms with van der Waals surface area (Å²) in [6, 6.07) is 23.2. The molecule has 0 spiro atoms. The van der Waals surface area contributed by atoms with E-state index in [1.54, 1.807) is 0 Å². The Balaban J connectivity index is 0.000000151. The smallest absolute Gasteiger partial charge is 0.0720 e. The van der Waals surface area contributed by atoms with Crippen molar-refractivity contribution in [3.63, 3.8) is 0 Å². The molecule has 0 saturated carbocycles. The van der Waals surface area contributed by atoms with Crippen molar-refractivity contribution in [1.82, 2.24) is 20.2 Å². The lowest BCUT2D eigenvalue weighted by Gasteiger charge is -2.29. The van der Waals surface area contributed by atoms with E-state index in [-0.39, 0.29) is 0 Å². The van der Waals surface area contributed by atoms with Gasteiger partial charge in [-0.15, -0.1) is 0 Å². The molecule has 0 amide bonds. The average molecular weight is 556 g/mol. The minimum Gasteiger partial charge on any atom is -0.312 e. The fourth-order valence-corrected chi connectivity index (χ4v) is 6.22. The molecule has 3 aromatic carbocycles. The summed E-state index contributed by atoms with van der Waals surface area (Å²) in [6.07, 6.45) is 1.94. The van der Waals surface area contributed by atoms with Gasteiger partial charge in [0.1, 0.15) is 0 Å². The molecule has 6 heteroatoms. The third kappa shape index (κ3) is 5.53. The highest BCUT2D eigenvalue weighted by molar-refractivity contribution is 6.36. The third-order valence-electron chi connectivity index (χ3n) is 7.65. The summed E-state index contributed by atoms with van der Waals surface area (Å²) in [5.74, 6) is 0. The van der Waals surface area contributed by atoms with Crippen LogP contribution in [0.15, 0.2) is 66.7 Å². The molecule has 4 nitrogen and oxygen atoms in total. The Morgan fingerprint density at radius 3 is 2.05 bits per heavy atom. The van der Waals surface area contributed by atoms with Gasteiger partial charge in [0.2, 0.25) is 0 Å². The van der Waals surface area contributed by atoms with E-state index in [0.29, 0.717) is 0 Å². The molecule has 2 aliphatic rings. The van der Waals surface area contributed by atoms with Crippen molar-refractivity contribution in [2.24, 2.45) is 0 Å². The van der Waals surface area contributed by atoms with Gasteiger partial charge in [0.25, 0.3) is 0 Å². The Hall–Kier alpha value is -3.02. The van der Waals surface area contributed by atoms with Crippen LogP contribution in [0.4, 0.5) is 0 Å². The summed E-state index contributed by atoms with van der Waals surface area (Å²) in [5.41, 5.74) is 10.5. The predicted octanol–water partition coefficient (Wildman–Crippen LogP) is 7.60. The van der Waals surface area contributed by atoms with Crippen molar-refractivity contribution in [1.29, 1.82) is 0 Å². The van der Waals surface area contributed by atoms with Crippen LogP contribution in [0, 0.1) is 13.8 Å². The van der Waals surface area contributed by atoms with Gasteiger partial charge in [-0.05, 0) is 43.7 Å². The van der Waals surface area contributed by atoms with Crippen molar-refractivity contribution < 1.29 is 0 Å². The molecule has 0 saturated heterocycles. The van der Waals surface area contributed by atoms with Gasteiger partial charge in [-0.2, -0.15) is 0 Å². The molecule has 0 radical (unpaired) electrons. The maximum Gasteiger partial charge on any atom is 0.0720 e. The number of fused-ring (bicyclic) bond motifs is 4. The van der Waals surface area contributed by atoms with Gasteiger partial charge >= 0.3 is 0 Å². The van der Waals surface area contributed by atoms with Gasteiger partial charge in [0.05, 0.1) is 21.1 Å². The number of pyridine rings is 2. The topological polar surface area (TPSA) is 41.1 Å². The Labute approximate surface area is 240 Å². The van der Waals surface area contributed by atoms with E-state index in [0.717, 1.165) is 88.8 Å². The number of nitrogens with one attached hydrogen (secondary N) is 1. The fraction of sp³-hybridized carbons (Fsp3) is 0.273. The van der Waals surface area contributed by atoms with E-state index >= 15 is 0 Å². The molecular weight excluding hydrogens is 523 g/mol. The van der Waals surface area contributed by atoms with E-state index in [9.17, 15) is 0 Å². The number of halogens is 2. The lowest BCUT2D eigenvalue weighted by Crippen LogP contribution is -2.31. The standard InChI is InChI=1S/C20H19ClN2.C13H13ClN2/c1-14-7-8-18-16(11-14)20(21)17-13-23(10-9-19(17)22-18)12-15-5-3-2-4-6-15;1-8-2-3-11-9(6-8)13(14)10-7-15-5-4-12(10)16-11/h2-8,11H,9-10,12-13H2,1H3;2-3,6,15H,4-5,7H2,1H3. The summed E-state index contributed by atoms with van der Waals surface area (Å²) in [5, 5.41) is 7.24. The number of hydrogen-bond donors (Lipinski definition) is 1. The Kier molecular flexibility index (Phi) is 7.55. The van der Waals surface area contributed by atoms with E-state index < -0.39 is 0 Å². The first-order valence-electron chi connectivity index (χ1n) is 13.6. The van der Waals surface area contributed by atoms with E-state index in [1.807, 2.05) is 0 Å². The molecule has 1 N–H and O–H groups in total. The first-order valence-corrected chi connectivity index (χ1v) is 14.3. The molecule has 0 atom stereocenters. The largest absolute Gasteiger partial charge is 0.312 e. The lowest BCUT2D eigenvalue weighted by atomic mass is 10.0. The second-order valence-electron chi connectivity index (χ2n) is 10.6. The first-order chi connectivity index (χ1) is 19.0. The van der Waals surface area contributed by atoms with Gasteiger partial charge in [0.15, 0.2) is 0 Å². The zero-order valence-corrected chi connectivity index (χ0v) is 23.9. The van der Waals surface area contributed by atoms with Crippen LogP contribution >= 0.6 is 23.2 Å². The first kappa shape index (κ1) is 26.2. The van der Waals surface area contributed by atoms with Gasteiger partial charge in [-0.25, -0.2) is 0 Å². The number of aryl methyl sites for hydroxylation is 2. The molecule has 0 bridgehead atoms. The monoisotopic (exact) mass is 554 g/mol. The third-order valence-corrected chi connectivity index (χ3v) is 8.51. The molecular formula is C33H32Cl2N4. The summed E-state index contributed by atoms with van der Waals surface area (Å²) in [7, 11) is 0. The Bertz CT molecular complexity index is 1670. The van der Waals surface area contributed by atoms with Crippen molar-refractivity contribution in [2.75, 3.05) is 13.1 Å². The molecule has 4 heterocycles. The van der Waals surface area contributed by atoms with E-state index in [2.05, 4.69) is 90.8 Å². The molecule has 0 aliphatic carbocycles. The fourth-order valence-electron chi connectivity index (χ4n) is 5.57. The summed E-state index contributed by atoms with van der Waals surface area (Å²) in [4.78, 5) is 12.0. The van der Waals surface area contributed by atoms with E-state index in [4.69, 9.17) is 33.2 Å². The van der Waals surface area contributed by atoms with Crippen molar-refractivity contribution in [3.05, 3.63) is 116 Å². The molecule has 2 aromatic heterocycles. The Morgan fingerprint density at radius 1 is 0.769 bits per heavy atom. The highest BCUT2D eigenvalue weighted by Crippen LogP contribution is 2.33. The van der Waals surface area contributed by atoms with Crippen LogP contribution in [-0.2, 0) is 32.5 Å².